The molecule has 27 heavy (non-hydrogen) atoms. The molecule has 0 spiro atoms. The van der Waals surface area contributed by atoms with E-state index in [1.807, 2.05) is 43.1 Å². The summed E-state index contributed by atoms with van der Waals surface area (Å²) in [6, 6.07) is 5.75. The van der Waals surface area contributed by atoms with Crippen LogP contribution in [0.5, 0.6) is 0 Å². The zero-order chi connectivity index (χ0) is 18.7. The molecule has 0 aliphatic carbocycles. The summed E-state index contributed by atoms with van der Waals surface area (Å²) in [6.45, 7) is 5.92. The fourth-order valence-corrected chi connectivity index (χ4v) is 3.96. The molecular formula is C20H21FN6. The zero-order valence-corrected chi connectivity index (χ0v) is 15.6. The number of aromatic nitrogens is 5. The number of rotatable bonds is 2. The predicted octanol–water partition coefficient (Wildman–Crippen LogP) is 3.38. The first-order valence-corrected chi connectivity index (χ1v) is 9.19. The van der Waals surface area contributed by atoms with Crippen LogP contribution in [-0.4, -0.2) is 49.4 Å². The van der Waals surface area contributed by atoms with Crippen molar-refractivity contribution in [3.63, 3.8) is 0 Å². The van der Waals surface area contributed by atoms with Gasteiger partial charge in [0, 0.05) is 23.7 Å². The van der Waals surface area contributed by atoms with Gasteiger partial charge in [-0.15, -0.1) is 0 Å². The van der Waals surface area contributed by atoms with Crippen LogP contribution in [0.25, 0.3) is 27.8 Å². The van der Waals surface area contributed by atoms with Crippen molar-refractivity contribution in [3.8, 4) is 11.3 Å². The van der Waals surface area contributed by atoms with Gasteiger partial charge in [-0.3, -0.25) is 4.68 Å². The molecule has 1 aromatic carbocycles. The van der Waals surface area contributed by atoms with Gasteiger partial charge in [-0.25, -0.2) is 13.9 Å². The van der Waals surface area contributed by atoms with Gasteiger partial charge in [0.25, 0.3) is 0 Å². The van der Waals surface area contributed by atoms with Crippen LogP contribution in [0.4, 0.5) is 4.39 Å². The fourth-order valence-electron chi connectivity index (χ4n) is 3.96. The topological polar surface area (TPSA) is 51.3 Å². The standard InChI is InChI=1S/C20H21FN6/c1-12-6-18(23-27-9-13(2)22-20(12)27)14-7-15-10-26(16-4-5-25(3)11-16)24-19(15)17(21)8-14/h6-10,16H,4-5,11H2,1-3H3. The van der Waals surface area contributed by atoms with Crippen molar-refractivity contribution in [2.45, 2.75) is 26.3 Å². The second kappa shape index (κ2) is 5.85. The minimum absolute atomic E-state index is 0.302. The average Bonchev–Trinajstić information content (AvgIpc) is 3.32. The number of hydrogen-bond donors (Lipinski definition) is 0. The Morgan fingerprint density at radius 3 is 2.74 bits per heavy atom. The lowest BCUT2D eigenvalue weighted by molar-refractivity contribution is 0.383. The van der Waals surface area contributed by atoms with E-state index in [2.05, 4.69) is 27.1 Å². The first kappa shape index (κ1) is 16.4. The summed E-state index contributed by atoms with van der Waals surface area (Å²) < 4.78 is 18.5. The van der Waals surface area contributed by atoms with E-state index in [-0.39, 0.29) is 5.82 Å². The summed E-state index contributed by atoms with van der Waals surface area (Å²) in [6.07, 6.45) is 4.88. The van der Waals surface area contributed by atoms with Crippen LogP contribution in [0.1, 0.15) is 23.7 Å². The highest BCUT2D eigenvalue weighted by atomic mass is 19.1. The summed E-state index contributed by atoms with van der Waals surface area (Å²) in [5.41, 5.74) is 4.65. The molecule has 138 valence electrons. The number of imidazole rings is 1. The van der Waals surface area contributed by atoms with Crippen molar-refractivity contribution >= 4 is 16.6 Å². The van der Waals surface area contributed by atoms with E-state index >= 15 is 0 Å². The lowest BCUT2D eigenvalue weighted by Gasteiger charge is -2.10. The molecule has 0 N–H and O–H groups in total. The molecule has 4 aromatic rings. The number of fused-ring (bicyclic) bond motifs is 2. The van der Waals surface area contributed by atoms with Crippen LogP contribution in [0, 0.1) is 19.7 Å². The van der Waals surface area contributed by atoms with Crippen molar-refractivity contribution < 1.29 is 4.39 Å². The van der Waals surface area contributed by atoms with E-state index in [0.717, 1.165) is 53.1 Å². The molecule has 5 rings (SSSR count). The van der Waals surface area contributed by atoms with E-state index < -0.39 is 0 Å². The van der Waals surface area contributed by atoms with Gasteiger partial charge in [0.1, 0.15) is 5.52 Å². The Hall–Kier alpha value is -2.80. The van der Waals surface area contributed by atoms with Gasteiger partial charge in [0.05, 0.1) is 23.6 Å². The molecule has 1 fully saturated rings. The minimum Gasteiger partial charge on any atom is -0.304 e. The molecule has 6 nitrogen and oxygen atoms in total. The lowest BCUT2D eigenvalue weighted by atomic mass is 10.1. The Morgan fingerprint density at radius 2 is 1.96 bits per heavy atom. The number of hydrogen-bond acceptors (Lipinski definition) is 4. The van der Waals surface area contributed by atoms with Gasteiger partial charge in [-0.05, 0) is 57.6 Å². The average molecular weight is 364 g/mol. The zero-order valence-electron chi connectivity index (χ0n) is 15.6. The molecule has 1 unspecified atom stereocenters. The summed E-state index contributed by atoms with van der Waals surface area (Å²) in [7, 11) is 2.10. The van der Waals surface area contributed by atoms with Crippen molar-refractivity contribution in [1.29, 1.82) is 0 Å². The second-order valence-electron chi connectivity index (χ2n) is 7.57. The van der Waals surface area contributed by atoms with Crippen LogP contribution in [0.2, 0.25) is 0 Å². The van der Waals surface area contributed by atoms with Gasteiger partial charge in [0.2, 0.25) is 0 Å². The van der Waals surface area contributed by atoms with Crippen LogP contribution in [0.3, 0.4) is 0 Å². The van der Waals surface area contributed by atoms with Crippen molar-refractivity contribution in [1.82, 2.24) is 29.3 Å². The van der Waals surface area contributed by atoms with Crippen LogP contribution < -0.4 is 0 Å². The number of nitrogens with zero attached hydrogens (tertiary/aromatic N) is 6. The highest BCUT2D eigenvalue weighted by Gasteiger charge is 2.23. The molecule has 1 aliphatic heterocycles. The molecule has 0 amide bonds. The molecule has 7 heteroatoms. The smallest absolute Gasteiger partial charge is 0.156 e. The van der Waals surface area contributed by atoms with Gasteiger partial charge < -0.3 is 4.90 Å². The number of benzene rings is 1. The predicted molar refractivity (Wildman–Crippen MR) is 102 cm³/mol. The Balaban J connectivity index is 1.61. The maximum atomic E-state index is 14.8. The van der Waals surface area contributed by atoms with E-state index in [9.17, 15) is 4.39 Å². The van der Waals surface area contributed by atoms with Crippen LogP contribution in [-0.2, 0) is 0 Å². The molecule has 0 saturated carbocycles. The van der Waals surface area contributed by atoms with Crippen LogP contribution in [0.15, 0.2) is 30.6 Å². The van der Waals surface area contributed by atoms with E-state index in [1.165, 1.54) is 6.07 Å². The van der Waals surface area contributed by atoms with E-state index in [1.54, 1.807) is 4.52 Å². The Morgan fingerprint density at radius 1 is 1.11 bits per heavy atom. The molecule has 0 radical (unpaired) electrons. The number of likely N-dealkylation sites (tertiary alicyclic amines) is 1. The lowest BCUT2D eigenvalue weighted by Crippen LogP contribution is -2.16. The minimum atomic E-state index is -0.311. The third kappa shape index (κ3) is 2.70. The first-order valence-electron chi connectivity index (χ1n) is 9.19. The molecule has 4 heterocycles. The van der Waals surface area contributed by atoms with Gasteiger partial charge in [-0.1, -0.05) is 0 Å². The quantitative estimate of drug-likeness (QED) is 0.547. The van der Waals surface area contributed by atoms with Gasteiger partial charge in [0.15, 0.2) is 11.5 Å². The highest BCUT2D eigenvalue weighted by molar-refractivity contribution is 5.84. The van der Waals surface area contributed by atoms with Gasteiger partial charge >= 0.3 is 0 Å². The number of halogens is 1. The molecule has 3 aromatic heterocycles. The fraction of sp³-hybridized carbons (Fsp3) is 0.350. The van der Waals surface area contributed by atoms with Crippen LogP contribution >= 0.6 is 0 Å². The van der Waals surface area contributed by atoms with Crippen molar-refractivity contribution in [2.24, 2.45) is 0 Å². The largest absolute Gasteiger partial charge is 0.304 e. The van der Waals surface area contributed by atoms with Crippen molar-refractivity contribution in [2.75, 3.05) is 20.1 Å². The van der Waals surface area contributed by atoms with Gasteiger partial charge in [-0.2, -0.15) is 10.2 Å². The SMILES string of the molecule is Cc1cn2nc(-c3cc(F)c4nn(C5CCN(C)C5)cc4c3)cc(C)c2n1. The monoisotopic (exact) mass is 364 g/mol. The maximum Gasteiger partial charge on any atom is 0.156 e. The maximum absolute atomic E-state index is 14.8. The summed E-state index contributed by atoms with van der Waals surface area (Å²) >= 11 is 0. The molecule has 1 atom stereocenters. The normalized spacial score (nSPS) is 18.1. The third-order valence-corrected chi connectivity index (χ3v) is 5.35. The Bertz CT molecular complexity index is 1170. The van der Waals surface area contributed by atoms with E-state index in [0.29, 0.717) is 11.6 Å². The Labute approximate surface area is 156 Å². The number of aryl methyl sites for hydroxylation is 2. The molecule has 1 aliphatic rings. The highest BCUT2D eigenvalue weighted by Crippen LogP contribution is 2.29. The van der Waals surface area contributed by atoms with Crippen molar-refractivity contribution in [3.05, 3.63) is 47.7 Å². The summed E-state index contributed by atoms with van der Waals surface area (Å²) in [5.74, 6) is -0.311. The summed E-state index contributed by atoms with van der Waals surface area (Å²) in [5, 5.41) is 9.94. The summed E-state index contributed by atoms with van der Waals surface area (Å²) in [4.78, 5) is 6.75. The second-order valence-corrected chi connectivity index (χ2v) is 7.57. The number of likely N-dealkylation sites (N-methyl/N-ethyl adjacent to an activating group) is 1. The molecular weight excluding hydrogens is 343 g/mol. The molecule has 0 bridgehead atoms. The first-order chi connectivity index (χ1) is 13.0. The van der Waals surface area contributed by atoms with E-state index in [4.69, 9.17) is 0 Å². The Kier molecular flexibility index (Phi) is 3.55. The molecule has 1 saturated heterocycles. The third-order valence-electron chi connectivity index (χ3n) is 5.35.